The van der Waals surface area contributed by atoms with Gasteiger partial charge in [0.05, 0.1) is 13.2 Å². The van der Waals surface area contributed by atoms with Crippen LogP contribution < -0.4 is 0 Å². The van der Waals surface area contributed by atoms with E-state index in [4.69, 9.17) is 9.15 Å². The molecule has 0 amide bonds. The van der Waals surface area contributed by atoms with Crippen LogP contribution in [0.3, 0.4) is 0 Å². The van der Waals surface area contributed by atoms with Crippen molar-refractivity contribution in [3.05, 3.63) is 11.8 Å². The summed E-state index contributed by atoms with van der Waals surface area (Å²) in [5.41, 5.74) is 0. The number of aromatic nitrogens is 2. The van der Waals surface area contributed by atoms with Crippen LogP contribution in [0.15, 0.2) is 4.42 Å². The van der Waals surface area contributed by atoms with Crippen LogP contribution in [0.1, 0.15) is 37.0 Å². The smallest absolute Gasteiger partial charge is 0.230 e. The molecule has 1 saturated heterocycles. The molecule has 20 heavy (non-hydrogen) atoms. The molecule has 0 spiro atoms. The molecule has 0 N–H and O–H groups in total. The summed E-state index contributed by atoms with van der Waals surface area (Å²) < 4.78 is 10.9. The van der Waals surface area contributed by atoms with Gasteiger partial charge in [0.2, 0.25) is 11.8 Å². The van der Waals surface area contributed by atoms with Crippen LogP contribution >= 0.6 is 0 Å². The Morgan fingerprint density at radius 3 is 2.95 bits per heavy atom. The maximum Gasteiger partial charge on any atom is 0.230 e. The quantitative estimate of drug-likeness (QED) is 0.745. The number of ether oxygens (including phenoxy) is 1. The molecule has 1 unspecified atom stereocenters. The molecule has 2 heterocycles. The third-order valence-electron chi connectivity index (χ3n) is 4.28. The van der Waals surface area contributed by atoms with E-state index in [0.29, 0.717) is 12.0 Å². The lowest BCUT2D eigenvalue weighted by Crippen LogP contribution is -2.35. The first-order chi connectivity index (χ1) is 9.76. The Bertz CT molecular complexity index is 433. The summed E-state index contributed by atoms with van der Waals surface area (Å²) in [6.45, 7) is 4.83. The van der Waals surface area contributed by atoms with Gasteiger partial charge in [0.1, 0.15) is 0 Å². The summed E-state index contributed by atoms with van der Waals surface area (Å²) in [6, 6.07) is 0.572. The summed E-state index contributed by atoms with van der Waals surface area (Å²) in [5.74, 6) is 2.13. The van der Waals surface area contributed by atoms with E-state index in [-0.39, 0.29) is 0 Å². The van der Waals surface area contributed by atoms with Crippen molar-refractivity contribution >= 4 is 0 Å². The van der Waals surface area contributed by atoms with Crippen molar-refractivity contribution in [2.24, 2.45) is 0 Å². The molecule has 2 fully saturated rings. The van der Waals surface area contributed by atoms with Gasteiger partial charge >= 0.3 is 0 Å². The summed E-state index contributed by atoms with van der Waals surface area (Å²) in [7, 11) is 3.90. The Balaban J connectivity index is 1.47. The summed E-state index contributed by atoms with van der Waals surface area (Å²) >= 11 is 0. The Morgan fingerprint density at radius 1 is 1.35 bits per heavy atom. The number of likely N-dealkylation sites (tertiary alicyclic amines) is 1. The van der Waals surface area contributed by atoms with E-state index in [1.165, 1.54) is 19.3 Å². The van der Waals surface area contributed by atoms with Gasteiger partial charge in [0.25, 0.3) is 0 Å². The molecule has 1 aliphatic heterocycles. The maximum absolute atomic E-state index is 5.73. The van der Waals surface area contributed by atoms with Gasteiger partial charge in [0.15, 0.2) is 0 Å². The molecule has 0 bridgehead atoms. The van der Waals surface area contributed by atoms with Crippen molar-refractivity contribution in [3.8, 4) is 0 Å². The predicted octanol–water partition coefficient (Wildman–Crippen LogP) is 1.10. The van der Waals surface area contributed by atoms with Gasteiger partial charge in [0, 0.05) is 32.2 Å². The minimum absolute atomic E-state index is 0.539. The van der Waals surface area contributed by atoms with E-state index < -0.39 is 0 Å². The van der Waals surface area contributed by atoms with E-state index in [1.54, 1.807) is 7.11 Å². The van der Waals surface area contributed by atoms with Crippen LogP contribution in [0.2, 0.25) is 0 Å². The first-order valence-corrected chi connectivity index (χ1v) is 7.50. The second-order valence-electron chi connectivity index (χ2n) is 5.96. The van der Waals surface area contributed by atoms with Gasteiger partial charge < -0.3 is 9.15 Å². The lowest BCUT2D eigenvalue weighted by molar-refractivity contribution is 0.151. The molecule has 1 saturated carbocycles. The highest BCUT2D eigenvalue weighted by molar-refractivity contribution is 5.00. The van der Waals surface area contributed by atoms with Crippen molar-refractivity contribution in [2.45, 2.75) is 37.8 Å². The lowest BCUT2D eigenvalue weighted by Gasteiger charge is -2.23. The molecule has 6 heteroatoms. The van der Waals surface area contributed by atoms with Gasteiger partial charge in [-0.25, -0.2) is 0 Å². The first kappa shape index (κ1) is 14.0. The third kappa shape index (κ3) is 3.37. The summed E-state index contributed by atoms with van der Waals surface area (Å²) in [5, 5.41) is 8.31. The second kappa shape index (κ2) is 6.20. The summed E-state index contributed by atoms with van der Waals surface area (Å²) in [4.78, 5) is 4.78. The first-order valence-electron chi connectivity index (χ1n) is 7.50. The van der Waals surface area contributed by atoms with Gasteiger partial charge in [-0.2, -0.15) is 0 Å². The van der Waals surface area contributed by atoms with Crippen LogP contribution in [-0.2, 0) is 11.3 Å². The molecule has 1 atom stereocenters. The normalized spacial score (nSPS) is 23.9. The zero-order valence-electron chi connectivity index (χ0n) is 12.4. The average Bonchev–Trinajstić information content (AvgIpc) is 3.01. The Labute approximate surface area is 120 Å². The van der Waals surface area contributed by atoms with Crippen molar-refractivity contribution in [3.63, 3.8) is 0 Å². The molecule has 1 aromatic heterocycles. The van der Waals surface area contributed by atoms with Crippen LogP contribution in [0.5, 0.6) is 0 Å². The second-order valence-corrected chi connectivity index (χ2v) is 5.96. The number of rotatable bonds is 7. The fourth-order valence-electron chi connectivity index (χ4n) is 2.76. The predicted molar refractivity (Wildman–Crippen MR) is 74.5 cm³/mol. The van der Waals surface area contributed by atoms with E-state index >= 15 is 0 Å². The van der Waals surface area contributed by atoms with E-state index in [0.717, 1.165) is 44.6 Å². The Morgan fingerprint density at radius 2 is 2.20 bits per heavy atom. The molecule has 6 nitrogen and oxygen atoms in total. The van der Waals surface area contributed by atoms with Crippen LogP contribution in [0, 0.1) is 0 Å². The zero-order chi connectivity index (χ0) is 13.9. The highest BCUT2D eigenvalue weighted by atomic mass is 16.5. The molecular weight excluding hydrogens is 256 g/mol. The van der Waals surface area contributed by atoms with Crippen LogP contribution in [-0.4, -0.2) is 66.4 Å². The van der Waals surface area contributed by atoms with Crippen molar-refractivity contribution < 1.29 is 9.15 Å². The van der Waals surface area contributed by atoms with Gasteiger partial charge in [-0.15, -0.1) is 10.2 Å². The fraction of sp³-hybridized carbons (Fsp3) is 0.857. The largest absolute Gasteiger partial charge is 0.424 e. The fourth-order valence-corrected chi connectivity index (χ4v) is 2.76. The van der Waals surface area contributed by atoms with Crippen LogP contribution in [0.4, 0.5) is 0 Å². The minimum Gasteiger partial charge on any atom is -0.424 e. The lowest BCUT2D eigenvalue weighted by atomic mass is 10.2. The molecular formula is C14H24N4O2. The van der Waals surface area contributed by atoms with Crippen LogP contribution in [0.25, 0.3) is 0 Å². The average molecular weight is 280 g/mol. The Hall–Kier alpha value is -0.980. The van der Waals surface area contributed by atoms with E-state index in [9.17, 15) is 0 Å². The SMILES string of the molecule is COCCN1CCC(N(C)Cc2nnc(C3CC3)o2)C1. The highest BCUT2D eigenvalue weighted by Gasteiger charge is 2.30. The minimum atomic E-state index is 0.539. The number of methoxy groups -OCH3 is 1. The number of hydrogen-bond donors (Lipinski definition) is 0. The maximum atomic E-state index is 5.73. The molecule has 1 aromatic rings. The molecule has 0 radical (unpaired) electrons. The van der Waals surface area contributed by atoms with Crippen molar-refractivity contribution in [2.75, 3.05) is 40.4 Å². The van der Waals surface area contributed by atoms with Gasteiger partial charge in [-0.3, -0.25) is 9.80 Å². The molecule has 2 aliphatic rings. The molecule has 1 aliphatic carbocycles. The molecule has 112 valence electrons. The third-order valence-corrected chi connectivity index (χ3v) is 4.28. The van der Waals surface area contributed by atoms with Crippen molar-refractivity contribution in [1.82, 2.24) is 20.0 Å². The van der Waals surface area contributed by atoms with E-state index in [2.05, 4.69) is 27.0 Å². The Kier molecular flexibility index (Phi) is 4.33. The van der Waals surface area contributed by atoms with E-state index in [1.807, 2.05) is 0 Å². The summed E-state index contributed by atoms with van der Waals surface area (Å²) in [6.07, 6.45) is 3.60. The van der Waals surface area contributed by atoms with Crippen molar-refractivity contribution in [1.29, 1.82) is 0 Å². The highest BCUT2D eigenvalue weighted by Crippen LogP contribution is 2.39. The number of likely N-dealkylation sites (N-methyl/N-ethyl adjacent to an activating group) is 1. The van der Waals surface area contributed by atoms with Gasteiger partial charge in [-0.05, 0) is 32.9 Å². The zero-order valence-corrected chi connectivity index (χ0v) is 12.4. The van der Waals surface area contributed by atoms with Gasteiger partial charge in [-0.1, -0.05) is 0 Å². The molecule has 3 rings (SSSR count). The standard InChI is InChI=1S/C14H24N4O2/c1-17(12-5-6-18(9-12)7-8-19-2)10-13-15-16-14(20-13)11-3-4-11/h11-12H,3-10H2,1-2H3. The molecule has 0 aromatic carbocycles. The topological polar surface area (TPSA) is 54.6 Å². The number of hydrogen-bond acceptors (Lipinski definition) is 6. The monoisotopic (exact) mass is 280 g/mol. The number of nitrogens with zero attached hydrogens (tertiary/aromatic N) is 4.